The molecule has 0 aromatic heterocycles. The van der Waals surface area contributed by atoms with Crippen molar-refractivity contribution >= 4 is 23.4 Å². The molecule has 1 unspecified atom stereocenters. The second kappa shape index (κ2) is 6.38. The highest BCUT2D eigenvalue weighted by molar-refractivity contribution is 6.27. The van der Waals surface area contributed by atoms with Crippen molar-refractivity contribution in [2.24, 2.45) is 16.7 Å². The quantitative estimate of drug-likeness (QED) is 0.269. The van der Waals surface area contributed by atoms with E-state index < -0.39 is 17.9 Å². The SMILES string of the molecule is CC1=C(C(=O)N(C)C)C(O)=[N+](C)C(C(N)=O)C1=NN.[Cl-]. The molecule has 1 aliphatic heterocycles. The normalized spacial score (nSPS) is 20.8. The summed E-state index contributed by atoms with van der Waals surface area (Å²) in [6.45, 7) is 1.56. The first-order valence-corrected chi connectivity index (χ1v) is 5.53. The number of hydrogen-bond acceptors (Lipinski definition) is 4. The van der Waals surface area contributed by atoms with Gasteiger partial charge >= 0.3 is 5.90 Å². The summed E-state index contributed by atoms with van der Waals surface area (Å²) in [5.74, 6) is 3.82. The topological polar surface area (TPSA) is 125 Å². The summed E-state index contributed by atoms with van der Waals surface area (Å²) in [5.41, 5.74) is 5.82. The molecular weight excluding hydrogens is 286 g/mol. The molecule has 0 saturated heterocycles. The van der Waals surface area contributed by atoms with Crippen LogP contribution in [-0.2, 0) is 9.59 Å². The molecule has 5 N–H and O–H groups in total. The number of hydrazone groups is 1. The molecule has 0 fully saturated rings. The fourth-order valence-corrected chi connectivity index (χ4v) is 1.96. The molecule has 8 nitrogen and oxygen atoms in total. The van der Waals surface area contributed by atoms with Gasteiger partial charge in [0.25, 0.3) is 17.9 Å². The molecule has 1 atom stereocenters. The molecule has 1 heterocycles. The Hall–Kier alpha value is -2.09. The Morgan fingerprint density at radius 3 is 2.25 bits per heavy atom. The number of likely N-dealkylation sites (N-methyl/N-ethyl adjacent to an activating group) is 2. The van der Waals surface area contributed by atoms with Crippen LogP contribution in [0.3, 0.4) is 0 Å². The van der Waals surface area contributed by atoms with Crippen molar-refractivity contribution in [2.75, 3.05) is 21.1 Å². The molecular formula is C11H18ClN5O3. The molecule has 0 spiro atoms. The highest BCUT2D eigenvalue weighted by Gasteiger charge is 2.43. The molecule has 0 aromatic rings. The lowest BCUT2D eigenvalue weighted by Crippen LogP contribution is -3.00. The van der Waals surface area contributed by atoms with Gasteiger partial charge < -0.3 is 34.0 Å². The first-order chi connectivity index (χ1) is 8.73. The van der Waals surface area contributed by atoms with Crippen LogP contribution < -0.4 is 24.0 Å². The fraction of sp³-hybridized carbons (Fsp3) is 0.455. The Bertz CT molecular complexity index is 534. The van der Waals surface area contributed by atoms with Crippen molar-refractivity contribution < 1.29 is 31.7 Å². The largest absolute Gasteiger partial charge is 1.00 e. The molecule has 0 saturated carbocycles. The van der Waals surface area contributed by atoms with E-state index in [9.17, 15) is 14.7 Å². The predicted molar refractivity (Wildman–Crippen MR) is 69.8 cm³/mol. The average molecular weight is 304 g/mol. The van der Waals surface area contributed by atoms with E-state index in [1.54, 1.807) is 21.0 Å². The number of primary amides is 1. The highest BCUT2D eigenvalue weighted by atomic mass is 35.5. The lowest BCUT2D eigenvalue weighted by atomic mass is 9.94. The van der Waals surface area contributed by atoms with Crippen molar-refractivity contribution in [3.05, 3.63) is 11.1 Å². The van der Waals surface area contributed by atoms with Gasteiger partial charge in [0.1, 0.15) is 12.8 Å². The first-order valence-electron chi connectivity index (χ1n) is 5.53. The van der Waals surface area contributed by atoms with E-state index in [0.717, 1.165) is 0 Å². The molecule has 20 heavy (non-hydrogen) atoms. The van der Waals surface area contributed by atoms with Crippen LogP contribution in [0, 0.1) is 0 Å². The Balaban J connectivity index is 0.00000361. The van der Waals surface area contributed by atoms with E-state index in [0.29, 0.717) is 5.57 Å². The van der Waals surface area contributed by atoms with E-state index in [-0.39, 0.29) is 29.6 Å². The third-order valence-corrected chi connectivity index (χ3v) is 2.99. The van der Waals surface area contributed by atoms with E-state index in [2.05, 4.69) is 5.10 Å². The summed E-state index contributed by atoms with van der Waals surface area (Å²) in [5, 5.41) is 13.6. The van der Waals surface area contributed by atoms with Crippen LogP contribution in [0.5, 0.6) is 0 Å². The van der Waals surface area contributed by atoms with Crippen molar-refractivity contribution in [1.82, 2.24) is 4.90 Å². The third kappa shape index (κ3) is 2.74. The van der Waals surface area contributed by atoms with Crippen molar-refractivity contribution in [2.45, 2.75) is 13.0 Å². The summed E-state index contributed by atoms with van der Waals surface area (Å²) >= 11 is 0. The number of aliphatic hydroxyl groups is 1. The molecule has 112 valence electrons. The van der Waals surface area contributed by atoms with E-state index >= 15 is 0 Å². The minimum absolute atomic E-state index is 0. The van der Waals surface area contributed by atoms with Crippen molar-refractivity contribution in [1.29, 1.82) is 0 Å². The van der Waals surface area contributed by atoms with E-state index in [1.165, 1.54) is 16.5 Å². The van der Waals surface area contributed by atoms with Gasteiger partial charge in [-0.25, -0.2) is 0 Å². The number of halogens is 1. The second-order valence-corrected chi connectivity index (χ2v) is 4.45. The molecule has 0 aromatic carbocycles. The van der Waals surface area contributed by atoms with Crippen molar-refractivity contribution in [3.63, 3.8) is 0 Å². The molecule has 9 heteroatoms. The summed E-state index contributed by atoms with van der Waals surface area (Å²) in [4.78, 5) is 24.8. The predicted octanol–water partition coefficient (Wildman–Crippen LogP) is -4.82. The van der Waals surface area contributed by atoms with Crippen molar-refractivity contribution in [3.8, 4) is 0 Å². The highest BCUT2D eigenvalue weighted by Crippen LogP contribution is 2.18. The summed E-state index contributed by atoms with van der Waals surface area (Å²) in [7, 11) is 4.54. The zero-order valence-corrected chi connectivity index (χ0v) is 12.5. The summed E-state index contributed by atoms with van der Waals surface area (Å²) in [6.07, 6.45) is 0. The lowest BCUT2D eigenvalue weighted by molar-refractivity contribution is -0.514. The molecule has 0 aliphatic carbocycles. The maximum absolute atomic E-state index is 12.1. The molecule has 1 rings (SSSR count). The molecule has 0 radical (unpaired) electrons. The number of carbonyl (C=O) groups excluding carboxylic acids is 2. The number of aliphatic hydroxyl groups excluding tert-OH is 1. The number of nitrogens with zero attached hydrogens (tertiary/aromatic N) is 3. The van der Waals surface area contributed by atoms with Crippen LogP contribution in [0.25, 0.3) is 0 Å². The average Bonchev–Trinajstić information content (AvgIpc) is 2.32. The Morgan fingerprint density at radius 2 is 1.90 bits per heavy atom. The van der Waals surface area contributed by atoms with Crippen LogP contribution >= 0.6 is 0 Å². The fourth-order valence-electron chi connectivity index (χ4n) is 1.96. The van der Waals surface area contributed by atoms with Gasteiger partial charge in [0.2, 0.25) is 0 Å². The van der Waals surface area contributed by atoms with Gasteiger partial charge in [0.15, 0.2) is 5.57 Å². The minimum Gasteiger partial charge on any atom is -1.00 e. The molecule has 2 amide bonds. The van der Waals surface area contributed by atoms with Gasteiger partial charge in [0, 0.05) is 19.7 Å². The number of hydrogen-bond donors (Lipinski definition) is 3. The van der Waals surface area contributed by atoms with Gasteiger partial charge in [-0.15, -0.1) is 0 Å². The van der Waals surface area contributed by atoms with Gasteiger partial charge in [-0.1, -0.05) is 0 Å². The van der Waals surface area contributed by atoms with Crippen LogP contribution in [0.4, 0.5) is 0 Å². The van der Waals surface area contributed by atoms with Crippen LogP contribution in [0.2, 0.25) is 0 Å². The Kier molecular flexibility index (Phi) is 5.71. The zero-order chi connectivity index (χ0) is 14.9. The minimum atomic E-state index is -0.997. The van der Waals surface area contributed by atoms with Gasteiger partial charge in [-0.2, -0.15) is 9.68 Å². The number of nitrogens with two attached hydrogens (primary N) is 2. The Morgan fingerprint density at radius 1 is 1.40 bits per heavy atom. The number of carbonyl (C=O) groups is 2. The zero-order valence-electron chi connectivity index (χ0n) is 11.7. The maximum Gasteiger partial charge on any atom is 0.374 e. The van der Waals surface area contributed by atoms with Crippen LogP contribution in [0.15, 0.2) is 16.2 Å². The molecule has 0 bridgehead atoms. The standard InChI is InChI=1S/C11H17N5O3.ClH/c1-5-6(10(18)15(2)3)11(19)16(4)8(9(12)17)7(5)14-13;/h8H,1-4H3,(H4,12,13,17,18,19);1H. The van der Waals surface area contributed by atoms with Gasteiger partial charge in [0.05, 0.1) is 0 Å². The van der Waals surface area contributed by atoms with Gasteiger partial charge in [-0.3, -0.25) is 9.59 Å². The maximum atomic E-state index is 12.1. The third-order valence-electron chi connectivity index (χ3n) is 2.99. The first kappa shape index (κ1) is 17.9. The number of rotatable bonds is 2. The van der Waals surface area contributed by atoms with Crippen LogP contribution in [0.1, 0.15) is 6.92 Å². The second-order valence-electron chi connectivity index (χ2n) is 4.45. The monoisotopic (exact) mass is 303 g/mol. The smallest absolute Gasteiger partial charge is 0.374 e. The van der Waals surface area contributed by atoms with Gasteiger partial charge in [-0.05, 0) is 6.92 Å². The Labute approximate surface area is 122 Å². The lowest BCUT2D eigenvalue weighted by Gasteiger charge is -2.22. The van der Waals surface area contributed by atoms with E-state index in [4.69, 9.17) is 11.6 Å². The summed E-state index contributed by atoms with van der Waals surface area (Å²) < 4.78 is 1.18. The van der Waals surface area contributed by atoms with E-state index in [1.807, 2.05) is 0 Å². The summed E-state index contributed by atoms with van der Waals surface area (Å²) in [6, 6.07) is -0.997. The van der Waals surface area contributed by atoms with Crippen LogP contribution in [-0.4, -0.2) is 65.2 Å². The number of amides is 2. The molecule has 1 aliphatic rings.